The van der Waals surface area contributed by atoms with Crippen LogP contribution in [0, 0.1) is 5.92 Å². The van der Waals surface area contributed by atoms with Gasteiger partial charge in [-0.05, 0) is 31.8 Å². The number of nitrogens with zero attached hydrogens (tertiary/aromatic N) is 3. The number of amidine groups is 1. The molecule has 0 saturated heterocycles. The third-order valence-electron chi connectivity index (χ3n) is 4.47. The second-order valence-electron chi connectivity index (χ2n) is 6.14. The lowest BCUT2D eigenvalue weighted by Crippen LogP contribution is -2.55. The van der Waals surface area contributed by atoms with E-state index in [9.17, 15) is 0 Å². The van der Waals surface area contributed by atoms with Gasteiger partial charge in [-0.15, -0.1) is 0 Å². The van der Waals surface area contributed by atoms with Gasteiger partial charge in [0.25, 0.3) is 0 Å². The average molecular weight is 294 g/mol. The quantitative estimate of drug-likeness (QED) is 0.792. The summed E-state index contributed by atoms with van der Waals surface area (Å²) in [5, 5.41) is 5.68. The van der Waals surface area contributed by atoms with Crippen LogP contribution in [0.3, 0.4) is 0 Å². The van der Waals surface area contributed by atoms with E-state index in [0.29, 0.717) is 5.92 Å². The van der Waals surface area contributed by atoms with Gasteiger partial charge in [-0.25, -0.2) is 0 Å². The highest BCUT2D eigenvalue weighted by molar-refractivity contribution is 8.14. The summed E-state index contributed by atoms with van der Waals surface area (Å²) in [5.74, 6) is 1.81. The first kappa shape index (κ1) is 14.4. The van der Waals surface area contributed by atoms with Gasteiger partial charge in [0.2, 0.25) is 0 Å². The summed E-state index contributed by atoms with van der Waals surface area (Å²) in [4.78, 5) is 4.66. The van der Waals surface area contributed by atoms with Crippen molar-refractivity contribution >= 4 is 16.9 Å². The van der Waals surface area contributed by atoms with E-state index in [1.165, 1.54) is 37.8 Å². The molecule has 5 heteroatoms. The molecule has 1 aliphatic carbocycles. The highest BCUT2D eigenvalue weighted by atomic mass is 32.2. The Hall–Kier alpha value is -0.520. The minimum atomic E-state index is -0.321. The molecule has 0 radical (unpaired) electrons. The molecule has 1 saturated carbocycles. The maximum atomic E-state index is 6.70. The normalized spacial score (nSPS) is 30.9. The zero-order chi connectivity index (χ0) is 14.2. The lowest BCUT2D eigenvalue weighted by atomic mass is 10.0. The molecule has 0 amide bonds. The number of hydrazine groups is 1. The van der Waals surface area contributed by atoms with Gasteiger partial charge in [0.15, 0.2) is 5.17 Å². The van der Waals surface area contributed by atoms with Crippen LogP contribution in [0.15, 0.2) is 16.8 Å². The Kier molecular flexibility index (Phi) is 4.11. The zero-order valence-corrected chi connectivity index (χ0v) is 13.5. The fraction of sp³-hybridized carbons (Fsp3) is 0.800. The van der Waals surface area contributed by atoms with E-state index in [1.807, 2.05) is 11.8 Å². The molecular weight excluding hydrogens is 268 g/mol. The van der Waals surface area contributed by atoms with Crippen molar-refractivity contribution in [1.82, 2.24) is 10.0 Å². The maximum Gasteiger partial charge on any atom is 0.178 e. The third-order valence-corrected chi connectivity index (χ3v) is 5.42. The molecule has 3 rings (SSSR count). The van der Waals surface area contributed by atoms with Gasteiger partial charge in [-0.2, -0.15) is 5.01 Å². The molecule has 3 aliphatic rings. The van der Waals surface area contributed by atoms with E-state index >= 15 is 0 Å². The van der Waals surface area contributed by atoms with Crippen molar-refractivity contribution in [3.8, 4) is 0 Å². The summed E-state index contributed by atoms with van der Waals surface area (Å²) in [7, 11) is 2.12. The number of rotatable bonds is 5. The van der Waals surface area contributed by atoms with Crippen LogP contribution in [-0.4, -0.2) is 40.2 Å². The first-order valence-corrected chi connectivity index (χ1v) is 8.87. The zero-order valence-electron chi connectivity index (χ0n) is 12.6. The largest absolute Gasteiger partial charge is 0.308 e. The Morgan fingerprint density at radius 3 is 2.85 bits per heavy atom. The highest BCUT2D eigenvalue weighted by Crippen LogP contribution is 2.45. The molecule has 112 valence electrons. The van der Waals surface area contributed by atoms with Crippen LogP contribution in [-0.2, 0) is 0 Å². The summed E-state index contributed by atoms with van der Waals surface area (Å²) < 4.78 is 0. The Labute approximate surface area is 126 Å². The standard InChI is InChI=1S/C15H26N4S/c1-3-4-5-8-15(16)11-13(12-6-7-12)19(18(15)2)14-17-9-10-20-14/h11-12H,3-10,16H2,1-2H3. The van der Waals surface area contributed by atoms with Crippen LogP contribution in [0.5, 0.6) is 0 Å². The van der Waals surface area contributed by atoms with E-state index in [0.717, 1.165) is 23.9 Å². The van der Waals surface area contributed by atoms with E-state index in [1.54, 1.807) is 0 Å². The SMILES string of the molecule is CCCCCC1(N)C=C(C2CC2)N(C2=NCCS2)N1C. The molecule has 0 aromatic rings. The first-order chi connectivity index (χ1) is 9.65. The molecule has 0 aromatic heterocycles. The van der Waals surface area contributed by atoms with Gasteiger partial charge in [-0.1, -0.05) is 31.5 Å². The fourth-order valence-electron chi connectivity index (χ4n) is 3.02. The molecule has 1 unspecified atom stereocenters. The Bertz CT molecular complexity index is 430. The van der Waals surface area contributed by atoms with Crippen LogP contribution in [0.4, 0.5) is 0 Å². The summed E-state index contributed by atoms with van der Waals surface area (Å²) in [6.45, 7) is 3.18. The van der Waals surface area contributed by atoms with E-state index < -0.39 is 0 Å². The minimum absolute atomic E-state index is 0.321. The number of likely N-dealkylation sites (N-methyl/N-ethyl adjacent to an activating group) is 1. The summed E-state index contributed by atoms with van der Waals surface area (Å²) in [5.41, 5.74) is 7.78. The highest BCUT2D eigenvalue weighted by Gasteiger charge is 2.46. The van der Waals surface area contributed by atoms with Crippen LogP contribution in [0.1, 0.15) is 45.4 Å². The van der Waals surface area contributed by atoms with E-state index in [4.69, 9.17) is 5.73 Å². The third kappa shape index (κ3) is 2.63. The second-order valence-corrected chi connectivity index (χ2v) is 7.20. The van der Waals surface area contributed by atoms with Gasteiger partial charge in [0.05, 0.1) is 6.54 Å². The second kappa shape index (κ2) is 5.70. The number of hydrogen-bond acceptors (Lipinski definition) is 5. The first-order valence-electron chi connectivity index (χ1n) is 7.88. The van der Waals surface area contributed by atoms with Gasteiger partial charge in [0.1, 0.15) is 5.66 Å². The van der Waals surface area contributed by atoms with Gasteiger partial charge in [-0.3, -0.25) is 10.0 Å². The Balaban J connectivity index is 1.79. The molecule has 2 heterocycles. The van der Waals surface area contributed by atoms with Crippen molar-refractivity contribution in [3.05, 3.63) is 11.8 Å². The van der Waals surface area contributed by atoms with Crippen molar-refractivity contribution in [2.45, 2.75) is 51.1 Å². The van der Waals surface area contributed by atoms with Crippen molar-refractivity contribution in [2.75, 3.05) is 19.3 Å². The number of hydrogen-bond donors (Lipinski definition) is 1. The van der Waals surface area contributed by atoms with Crippen molar-refractivity contribution in [3.63, 3.8) is 0 Å². The molecule has 0 spiro atoms. The number of aliphatic imine (C=N–C) groups is 1. The number of nitrogens with two attached hydrogens (primary N) is 1. The molecule has 4 nitrogen and oxygen atoms in total. The molecule has 1 atom stereocenters. The summed E-state index contributed by atoms with van der Waals surface area (Å²) >= 11 is 1.86. The topological polar surface area (TPSA) is 44.9 Å². The van der Waals surface area contributed by atoms with Crippen LogP contribution in [0.2, 0.25) is 0 Å². The van der Waals surface area contributed by atoms with E-state index in [-0.39, 0.29) is 5.66 Å². The van der Waals surface area contributed by atoms with Gasteiger partial charge >= 0.3 is 0 Å². The van der Waals surface area contributed by atoms with Crippen molar-refractivity contribution in [2.24, 2.45) is 16.6 Å². The molecule has 0 bridgehead atoms. The number of unbranched alkanes of at least 4 members (excludes halogenated alkanes) is 2. The fourth-order valence-corrected chi connectivity index (χ4v) is 3.92. The lowest BCUT2D eigenvalue weighted by molar-refractivity contribution is 0.0372. The molecule has 2 aliphatic heterocycles. The van der Waals surface area contributed by atoms with Gasteiger partial charge < -0.3 is 5.73 Å². The number of allylic oxidation sites excluding steroid dienone is 1. The van der Waals surface area contributed by atoms with Crippen molar-refractivity contribution in [1.29, 1.82) is 0 Å². The minimum Gasteiger partial charge on any atom is -0.308 e. The monoisotopic (exact) mass is 294 g/mol. The molecule has 2 N–H and O–H groups in total. The number of thioether (sulfide) groups is 1. The maximum absolute atomic E-state index is 6.70. The smallest absolute Gasteiger partial charge is 0.178 e. The van der Waals surface area contributed by atoms with Gasteiger partial charge in [0, 0.05) is 24.4 Å². The van der Waals surface area contributed by atoms with Crippen molar-refractivity contribution < 1.29 is 0 Å². The van der Waals surface area contributed by atoms with Crippen LogP contribution in [0.25, 0.3) is 0 Å². The molecule has 20 heavy (non-hydrogen) atoms. The Morgan fingerprint density at radius 1 is 1.45 bits per heavy atom. The Morgan fingerprint density at radius 2 is 2.25 bits per heavy atom. The average Bonchev–Trinajstić information content (AvgIpc) is 3.07. The summed E-state index contributed by atoms with van der Waals surface area (Å²) in [6.07, 6.45) is 9.65. The molecular formula is C15H26N4S. The predicted octanol–water partition coefficient (Wildman–Crippen LogP) is 2.78. The molecule has 1 fully saturated rings. The predicted molar refractivity (Wildman–Crippen MR) is 86.2 cm³/mol. The lowest BCUT2D eigenvalue weighted by Gasteiger charge is -2.37. The van der Waals surface area contributed by atoms with Crippen LogP contribution < -0.4 is 5.73 Å². The van der Waals surface area contributed by atoms with E-state index in [2.05, 4.69) is 35.1 Å². The summed E-state index contributed by atoms with van der Waals surface area (Å²) in [6, 6.07) is 0. The molecule has 0 aromatic carbocycles. The van der Waals surface area contributed by atoms with Crippen LogP contribution >= 0.6 is 11.8 Å².